The molecule has 24 heavy (non-hydrogen) atoms. The Bertz CT molecular complexity index is 701. The lowest BCUT2D eigenvalue weighted by Gasteiger charge is -2.38. The van der Waals surface area contributed by atoms with Crippen LogP contribution in [0.15, 0.2) is 28.8 Å². The number of aryl methyl sites for hydroxylation is 1. The summed E-state index contributed by atoms with van der Waals surface area (Å²) in [6.45, 7) is 5.69. The second-order valence-electron chi connectivity index (χ2n) is 6.13. The van der Waals surface area contributed by atoms with Crippen molar-refractivity contribution in [2.24, 2.45) is 0 Å². The van der Waals surface area contributed by atoms with Gasteiger partial charge in [0.2, 0.25) is 11.8 Å². The monoisotopic (exact) mass is 346 g/mol. The summed E-state index contributed by atoms with van der Waals surface area (Å²) in [6.07, 6.45) is 2.00. The number of hydrogen-bond acceptors (Lipinski definition) is 6. The van der Waals surface area contributed by atoms with Crippen molar-refractivity contribution in [2.45, 2.75) is 32.2 Å². The van der Waals surface area contributed by atoms with Gasteiger partial charge in [-0.3, -0.25) is 9.69 Å². The molecule has 0 radical (unpaired) electrons. The van der Waals surface area contributed by atoms with Crippen LogP contribution in [0.2, 0.25) is 0 Å². The fourth-order valence-electron chi connectivity index (χ4n) is 2.80. The molecule has 1 amide bonds. The van der Waals surface area contributed by atoms with E-state index < -0.39 is 0 Å². The molecule has 1 aromatic carbocycles. The third-order valence-electron chi connectivity index (χ3n) is 4.18. The standard InChI is InChI=1S/C17H22N4O2S/c1-12-4-6-14(7-5-12)21-8-13(2)20(10-17(21)22)9-16-18-15(11-24-3)19-23-16/h4-7,13H,8-11H2,1-3H3. The van der Waals surface area contributed by atoms with Gasteiger partial charge in [0, 0.05) is 18.3 Å². The summed E-state index contributed by atoms with van der Waals surface area (Å²) >= 11 is 1.65. The lowest BCUT2D eigenvalue weighted by molar-refractivity contribution is -0.122. The minimum Gasteiger partial charge on any atom is -0.338 e. The zero-order valence-electron chi connectivity index (χ0n) is 14.2. The average Bonchev–Trinajstić information content (AvgIpc) is 2.99. The minimum absolute atomic E-state index is 0.0980. The minimum atomic E-state index is 0.0980. The second kappa shape index (κ2) is 7.36. The number of piperazine rings is 1. The van der Waals surface area contributed by atoms with Crippen LogP contribution in [0.5, 0.6) is 0 Å². The summed E-state index contributed by atoms with van der Waals surface area (Å²) in [5, 5.41) is 3.96. The molecule has 7 heteroatoms. The van der Waals surface area contributed by atoms with Crippen molar-refractivity contribution in [1.82, 2.24) is 15.0 Å². The lowest BCUT2D eigenvalue weighted by atomic mass is 10.1. The number of nitrogens with zero attached hydrogens (tertiary/aromatic N) is 4. The van der Waals surface area contributed by atoms with Crippen molar-refractivity contribution in [2.75, 3.05) is 24.2 Å². The highest BCUT2D eigenvalue weighted by Crippen LogP contribution is 2.21. The summed E-state index contributed by atoms with van der Waals surface area (Å²) < 4.78 is 5.29. The first-order valence-electron chi connectivity index (χ1n) is 7.98. The molecule has 6 nitrogen and oxygen atoms in total. The van der Waals surface area contributed by atoms with Gasteiger partial charge in [-0.05, 0) is 32.2 Å². The third-order valence-corrected chi connectivity index (χ3v) is 4.72. The molecule has 0 bridgehead atoms. The van der Waals surface area contributed by atoms with Crippen molar-refractivity contribution in [3.05, 3.63) is 41.5 Å². The largest absolute Gasteiger partial charge is 0.338 e. The Hall–Kier alpha value is -1.86. The van der Waals surface area contributed by atoms with Gasteiger partial charge < -0.3 is 9.42 Å². The molecule has 0 N–H and O–H groups in total. The quantitative estimate of drug-likeness (QED) is 0.829. The molecule has 1 aliphatic heterocycles. The molecular weight excluding hydrogens is 324 g/mol. The van der Waals surface area contributed by atoms with Crippen molar-refractivity contribution in [1.29, 1.82) is 0 Å². The van der Waals surface area contributed by atoms with E-state index in [-0.39, 0.29) is 11.9 Å². The lowest BCUT2D eigenvalue weighted by Crippen LogP contribution is -2.54. The summed E-state index contributed by atoms with van der Waals surface area (Å²) in [7, 11) is 0. The number of amides is 1. The Morgan fingerprint density at radius 1 is 1.33 bits per heavy atom. The number of aromatic nitrogens is 2. The van der Waals surface area contributed by atoms with Gasteiger partial charge in [-0.2, -0.15) is 16.7 Å². The molecule has 1 atom stereocenters. The molecule has 1 saturated heterocycles. The number of carbonyl (C=O) groups is 1. The molecule has 0 spiro atoms. The molecular formula is C17H22N4O2S. The van der Waals surface area contributed by atoms with E-state index in [1.54, 1.807) is 11.8 Å². The van der Waals surface area contributed by atoms with Gasteiger partial charge in [0.05, 0.1) is 18.8 Å². The Balaban J connectivity index is 1.66. The van der Waals surface area contributed by atoms with Crippen LogP contribution in [0.4, 0.5) is 5.69 Å². The van der Waals surface area contributed by atoms with Crippen LogP contribution in [0.25, 0.3) is 0 Å². The van der Waals surface area contributed by atoms with Crippen LogP contribution >= 0.6 is 11.8 Å². The zero-order valence-corrected chi connectivity index (χ0v) is 15.0. The number of carbonyl (C=O) groups excluding carboxylic acids is 1. The van der Waals surface area contributed by atoms with E-state index in [2.05, 4.69) is 22.0 Å². The first kappa shape index (κ1) is 17.0. The topological polar surface area (TPSA) is 62.5 Å². The van der Waals surface area contributed by atoms with Crippen LogP contribution in [-0.4, -0.2) is 46.3 Å². The van der Waals surface area contributed by atoms with Gasteiger partial charge >= 0.3 is 0 Å². The van der Waals surface area contributed by atoms with Gasteiger partial charge in [0.15, 0.2) is 5.82 Å². The van der Waals surface area contributed by atoms with Gasteiger partial charge in [-0.15, -0.1) is 0 Å². The number of anilines is 1. The van der Waals surface area contributed by atoms with E-state index in [0.717, 1.165) is 11.4 Å². The fourth-order valence-corrected chi connectivity index (χ4v) is 3.17. The maximum atomic E-state index is 12.5. The first-order chi connectivity index (χ1) is 11.6. The Labute approximate surface area is 146 Å². The number of benzene rings is 1. The highest BCUT2D eigenvalue weighted by atomic mass is 32.2. The fraction of sp³-hybridized carbons (Fsp3) is 0.471. The van der Waals surface area contributed by atoms with E-state index in [0.29, 0.717) is 31.3 Å². The van der Waals surface area contributed by atoms with E-state index in [1.165, 1.54) is 5.56 Å². The average molecular weight is 346 g/mol. The predicted molar refractivity (Wildman–Crippen MR) is 94.9 cm³/mol. The van der Waals surface area contributed by atoms with E-state index >= 15 is 0 Å². The molecule has 1 unspecified atom stereocenters. The van der Waals surface area contributed by atoms with Crippen molar-refractivity contribution < 1.29 is 9.32 Å². The van der Waals surface area contributed by atoms with Crippen molar-refractivity contribution >= 4 is 23.4 Å². The molecule has 1 fully saturated rings. The van der Waals surface area contributed by atoms with Crippen LogP contribution in [0.3, 0.4) is 0 Å². The van der Waals surface area contributed by atoms with Crippen LogP contribution in [0, 0.1) is 6.92 Å². The zero-order chi connectivity index (χ0) is 17.1. The maximum Gasteiger partial charge on any atom is 0.241 e. The van der Waals surface area contributed by atoms with Gasteiger partial charge in [0.25, 0.3) is 0 Å². The van der Waals surface area contributed by atoms with Crippen molar-refractivity contribution in [3.8, 4) is 0 Å². The summed E-state index contributed by atoms with van der Waals surface area (Å²) in [6, 6.07) is 8.29. The summed E-state index contributed by atoms with van der Waals surface area (Å²) in [5.41, 5.74) is 2.15. The predicted octanol–water partition coefficient (Wildman–Crippen LogP) is 2.48. The number of thioether (sulfide) groups is 1. The smallest absolute Gasteiger partial charge is 0.241 e. The molecule has 1 aliphatic rings. The van der Waals surface area contributed by atoms with Crippen molar-refractivity contribution in [3.63, 3.8) is 0 Å². The Kier molecular flexibility index (Phi) is 5.20. The third kappa shape index (κ3) is 3.79. The highest BCUT2D eigenvalue weighted by molar-refractivity contribution is 7.97. The molecule has 0 saturated carbocycles. The molecule has 0 aliphatic carbocycles. The van der Waals surface area contributed by atoms with Crippen LogP contribution in [0.1, 0.15) is 24.2 Å². The molecule has 2 aromatic rings. The highest BCUT2D eigenvalue weighted by Gasteiger charge is 2.31. The maximum absolute atomic E-state index is 12.5. The number of hydrogen-bond donors (Lipinski definition) is 0. The number of rotatable bonds is 5. The molecule has 3 rings (SSSR count). The normalized spacial score (nSPS) is 19.0. The SMILES string of the molecule is CSCc1noc(CN2CC(=O)N(c3ccc(C)cc3)CC2C)n1. The Morgan fingerprint density at radius 2 is 2.08 bits per heavy atom. The first-order valence-corrected chi connectivity index (χ1v) is 9.37. The molecule has 2 heterocycles. The van der Waals surface area contributed by atoms with Gasteiger partial charge in [0.1, 0.15) is 0 Å². The second-order valence-corrected chi connectivity index (χ2v) is 7.00. The van der Waals surface area contributed by atoms with Crippen LogP contribution in [-0.2, 0) is 17.1 Å². The molecule has 1 aromatic heterocycles. The van der Waals surface area contributed by atoms with E-state index in [9.17, 15) is 4.79 Å². The van der Waals surface area contributed by atoms with Gasteiger partial charge in [-0.1, -0.05) is 22.9 Å². The van der Waals surface area contributed by atoms with Crippen LogP contribution < -0.4 is 4.90 Å². The van der Waals surface area contributed by atoms with E-state index in [1.807, 2.05) is 42.3 Å². The summed E-state index contributed by atoms with van der Waals surface area (Å²) in [5.74, 6) is 2.11. The molecule has 128 valence electrons. The summed E-state index contributed by atoms with van der Waals surface area (Å²) in [4.78, 5) is 20.9. The Morgan fingerprint density at radius 3 is 2.79 bits per heavy atom. The van der Waals surface area contributed by atoms with Gasteiger partial charge in [-0.25, -0.2) is 0 Å². The van der Waals surface area contributed by atoms with E-state index in [4.69, 9.17) is 4.52 Å².